The van der Waals surface area contributed by atoms with E-state index in [1.165, 1.54) is 7.11 Å². The van der Waals surface area contributed by atoms with Crippen LogP contribution in [-0.4, -0.2) is 54.9 Å². The van der Waals surface area contributed by atoms with Gasteiger partial charge in [0.25, 0.3) is 5.91 Å². The maximum absolute atomic E-state index is 13.5. The molecule has 37 heavy (non-hydrogen) atoms. The number of fused-ring (bicyclic) bond motifs is 2. The van der Waals surface area contributed by atoms with Gasteiger partial charge in [0.05, 0.1) is 35.9 Å². The van der Waals surface area contributed by atoms with Crippen molar-refractivity contribution in [2.75, 3.05) is 26.9 Å². The fourth-order valence-corrected chi connectivity index (χ4v) is 4.71. The van der Waals surface area contributed by atoms with Crippen LogP contribution in [0.4, 0.5) is 0 Å². The smallest absolute Gasteiger partial charge is 0.339 e. The van der Waals surface area contributed by atoms with Gasteiger partial charge in [0.2, 0.25) is 0 Å². The van der Waals surface area contributed by atoms with Gasteiger partial charge in [0.1, 0.15) is 13.2 Å². The second-order valence-corrected chi connectivity index (χ2v) is 9.06. The monoisotopic (exact) mass is 520 g/mol. The summed E-state index contributed by atoms with van der Waals surface area (Å²) in [4.78, 5) is 28.6. The molecule has 3 aromatic carbocycles. The highest BCUT2D eigenvalue weighted by Gasteiger charge is 2.25. The molecule has 0 aliphatic carbocycles. The Morgan fingerprint density at radius 2 is 1.89 bits per heavy atom. The lowest BCUT2D eigenvalue weighted by atomic mass is 9.99. The van der Waals surface area contributed by atoms with Crippen LogP contribution in [0.2, 0.25) is 5.02 Å². The zero-order valence-corrected chi connectivity index (χ0v) is 20.8. The van der Waals surface area contributed by atoms with Crippen LogP contribution < -0.4 is 14.8 Å². The molecule has 2 heterocycles. The second kappa shape index (κ2) is 10.5. The molecule has 0 unspecified atom stereocenters. The van der Waals surface area contributed by atoms with Gasteiger partial charge in [-0.2, -0.15) is 0 Å². The van der Waals surface area contributed by atoms with Gasteiger partial charge in [0, 0.05) is 17.1 Å². The number of aliphatic hydroxyl groups is 1. The number of ether oxygens (including phenoxy) is 3. The van der Waals surface area contributed by atoms with E-state index >= 15 is 0 Å². The average Bonchev–Trinajstić information content (AvgIpc) is 3.34. The van der Waals surface area contributed by atoms with E-state index in [0.29, 0.717) is 42.3 Å². The number of halogens is 1. The predicted molar refractivity (Wildman–Crippen MR) is 140 cm³/mol. The van der Waals surface area contributed by atoms with Gasteiger partial charge in [-0.15, -0.1) is 0 Å². The quantitative estimate of drug-likeness (QED) is 0.312. The van der Waals surface area contributed by atoms with Crippen LogP contribution in [0.5, 0.6) is 11.5 Å². The minimum atomic E-state index is -0.538. The average molecular weight is 521 g/mol. The maximum Gasteiger partial charge on any atom is 0.339 e. The first kappa shape index (κ1) is 24.7. The Bertz CT molecular complexity index is 1480. The Morgan fingerprint density at radius 1 is 1.08 bits per heavy atom. The third-order valence-electron chi connectivity index (χ3n) is 6.29. The summed E-state index contributed by atoms with van der Waals surface area (Å²) in [6.07, 6.45) is 2.33. The van der Waals surface area contributed by atoms with E-state index < -0.39 is 17.9 Å². The van der Waals surface area contributed by atoms with Crippen LogP contribution in [-0.2, 0) is 11.2 Å². The number of esters is 1. The molecule has 0 bridgehead atoms. The molecule has 1 aliphatic rings. The molecule has 8 nitrogen and oxygen atoms in total. The van der Waals surface area contributed by atoms with Crippen molar-refractivity contribution in [3.63, 3.8) is 0 Å². The number of H-pyrrole nitrogens is 1. The highest BCUT2D eigenvalue weighted by Crippen LogP contribution is 2.39. The fraction of sp³-hybridized carbons (Fsp3) is 0.214. The number of methoxy groups -OCH3 is 1. The number of rotatable bonds is 7. The Kier molecular flexibility index (Phi) is 7.03. The Labute approximate surface area is 218 Å². The number of carbonyl (C=O) groups is 2. The molecule has 190 valence electrons. The summed E-state index contributed by atoms with van der Waals surface area (Å²) < 4.78 is 16.3. The van der Waals surface area contributed by atoms with E-state index in [0.717, 1.165) is 16.5 Å². The van der Waals surface area contributed by atoms with Crippen molar-refractivity contribution >= 4 is 34.4 Å². The topological polar surface area (TPSA) is 110 Å². The van der Waals surface area contributed by atoms with Gasteiger partial charge in [-0.25, -0.2) is 4.79 Å². The van der Waals surface area contributed by atoms with Crippen LogP contribution in [0.25, 0.3) is 22.0 Å². The maximum atomic E-state index is 13.5. The zero-order valence-electron chi connectivity index (χ0n) is 20.0. The highest BCUT2D eigenvalue weighted by atomic mass is 35.5. The van der Waals surface area contributed by atoms with Crippen LogP contribution in [0.1, 0.15) is 26.3 Å². The first-order valence-corrected chi connectivity index (χ1v) is 12.1. The Balaban J connectivity index is 1.45. The summed E-state index contributed by atoms with van der Waals surface area (Å²) >= 11 is 6.33. The molecule has 1 aromatic heterocycles. The lowest BCUT2D eigenvalue weighted by Gasteiger charge is -2.23. The van der Waals surface area contributed by atoms with E-state index in [4.69, 9.17) is 25.8 Å². The lowest BCUT2D eigenvalue weighted by Crippen LogP contribution is -2.39. The molecule has 1 aliphatic heterocycles. The van der Waals surface area contributed by atoms with Crippen molar-refractivity contribution in [1.82, 2.24) is 10.3 Å². The van der Waals surface area contributed by atoms with Crippen molar-refractivity contribution in [3.8, 4) is 22.6 Å². The Morgan fingerprint density at radius 3 is 2.68 bits per heavy atom. The molecule has 4 aromatic rings. The van der Waals surface area contributed by atoms with Crippen LogP contribution >= 0.6 is 11.6 Å². The van der Waals surface area contributed by atoms with E-state index in [-0.39, 0.29) is 22.8 Å². The van der Waals surface area contributed by atoms with Crippen LogP contribution in [0, 0.1) is 0 Å². The number of aromatic nitrogens is 1. The summed E-state index contributed by atoms with van der Waals surface area (Å²) in [5.74, 6) is -0.170. The molecule has 0 fully saturated rings. The first-order chi connectivity index (χ1) is 18.0. The standard InChI is InChI=1S/C28H25ClN2O6/c1-35-28(34)21-7-6-16(12-23(21)29)17-11-22(26-25(13-17)36-8-9-37-26)27(33)31-19(15-32)10-18-14-30-24-5-3-2-4-20(18)24/h2-7,11-14,19,30,32H,8-10,15H2,1H3,(H,31,33)/t19-/m1/s1. The molecule has 1 amide bonds. The van der Waals surface area contributed by atoms with E-state index in [2.05, 4.69) is 10.3 Å². The number of benzene rings is 3. The second-order valence-electron chi connectivity index (χ2n) is 8.65. The molecule has 0 spiro atoms. The number of aliphatic hydroxyl groups excluding tert-OH is 1. The van der Waals surface area contributed by atoms with Crippen molar-refractivity contribution in [3.05, 3.63) is 82.5 Å². The molecule has 5 rings (SSSR count). The minimum Gasteiger partial charge on any atom is -0.486 e. The normalized spacial score (nSPS) is 13.3. The Hall–Kier alpha value is -4.01. The molecule has 3 N–H and O–H groups in total. The lowest BCUT2D eigenvalue weighted by molar-refractivity contribution is 0.0600. The largest absolute Gasteiger partial charge is 0.486 e. The number of carbonyl (C=O) groups excluding carboxylic acids is 2. The van der Waals surface area contributed by atoms with Gasteiger partial charge in [0.15, 0.2) is 11.5 Å². The summed E-state index contributed by atoms with van der Waals surface area (Å²) in [6.45, 7) is 0.416. The SMILES string of the molecule is COC(=O)c1ccc(-c2cc3c(c(C(=O)N[C@@H](CO)Cc4c[nH]c5ccccc45)c2)OCCO3)cc1Cl. The number of para-hydroxylation sites is 1. The van der Waals surface area contributed by atoms with E-state index in [1.807, 2.05) is 30.5 Å². The van der Waals surface area contributed by atoms with Gasteiger partial charge in [-0.3, -0.25) is 4.79 Å². The van der Waals surface area contributed by atoms with Crippen molar-refractivity contribution in [2.45, 2.75) is 12.5 Å². The van der Waals surface area contributed by atoms with E-state index in [9.17, 15) is 14.7 Å². The number of aromatic amines is 1. The number of nitrogens with one attached hydrogen (secondary N) is 2. The zero-order chi connectivity index (χ0) is 25.9. The third kappa shape index (κ3) is 4.98. The highest BCUT2D eigenvalue weighted by molar-refractivity contribution is 6.33. The summed E-state index contributed by atoms with van der Waals surface area (Å²) in [7, 11) is 1.29. The van der Waals surface area contributed by atoms with Gasteiger partial charge in [-0.05, 0) is 53.4 Å². The molecular formula is C28H25ClN2O6. The summed E-state index contributed by atoms with van der Waals surface area (Å²) in [5.41, 5.74) is 3.84. The van der Waals surface area contributed by atoms with Gasteiger partial charge >= 0.3 is 5.97 Å². The summed E-state index contributed by atoms with van der Waals surface area (Å²) in [6, 6.07) is 15.7. The van der Waals surface area contributed by atoms with Gasteiger partial charge in [-0.1, -0.05) is 35.9 Å². The number of amides is 1. The van der Waals surface area contributed by atoms with Crippen LogP contribution in [0.15, 0.2) is 60.8 Å². The number of hydrogen-bond donors (Lipinski definition) is 3. The molecular weight excluding hydrogens is 496 g/mol. The molecule has 1 atom stereocenters. The fourth-order valence-electron chi connectivity index (χ4n) is 4.45. The minimum absolute atomic E-state index is 0.226. The molecule has 0 saturated carbocycles. The van der Waals surface area contributed by atoms with Crippen LogP contribution in [0.3, 0.4) is 0 Å². The molecule has 0 radical (unpaired) electrons. The molecule has 9 heteroatoms. The van der Waals surface area contributed by atoms with Gasteiger partial charge < -0.3 is 29.6 Å². The van der Waals surface area contributed by atoms with Crippen molar-refractivity contribution < 1.29 is 28.9 Å². The predicted octanol–water partition coefficient (Wildman–Crippen LogP) is 4.38. The number of hydrogen-bond acceptors (Lipinski definition) is 6. The summed E-state index contributed by atoms with van der Waals surface area (Å²) in [5, 5.41) is 14.3. The molecule has 0 saturated heterocycles. The third-order valence-corrected chi connectivity index (χ3v) is 6.60. The van der Waals surface area contributed by atoms with Crippen molar-refractivity contribution in [2.24, 2.45) is 0 Å². The first-order valence-electron chi connectivity index (χ1n) is 11.8. The van der Waals surface area contributed by atoms with E-state index in [1.54, 1.807) is 30.3 Å². The van der Waals surface area contributed by atoms with Crippen molar-refractivity contribution in [1.29, 1.82) is 0 Å².